The van der Waals surface area contributed by atoms with E-state index >= 15 is 0 Å². The lowest BCUT2D eigenvalue weighted by molar-refractivity contribution is 0.827. The van der Waals surface area contributed by atoms with Gasteiger partial charge in [0.05, 0.1) is 0 Å². The number of rotatable bonds is 12. The number of aryl methyl sites for hydroxylation is 1. The molecule has 0 saturated heterocycles. The molecular formula is C60H52N2. The van der Waals surface area contributed by atoms with E-state index < -0.39 is 0 Å². The van der Waals surface area contributed by atoms with E-state index in [0.29, 0.717) is 0 Å². The van der Waals surface area contributed by atoms with Gasteiger partial charge in [-0.25, -0.2) is 0 Å². The summed E-state index contributed by atoms with van der Waals surface area (Å²) in [6, 6.07) is 53.0. The number of anilines is 2. The largest absolute Gasteiger partial charge is 0.336 e. The summed E-state index contributed by atoms with van der Waals surface area (Å²) >= 11 is 0. The van der Waals surface area contributed by atoms with Gasteiger partial charge >= 0.3 is 0 Å². The number of hydrogen-bond acceptors (Lipinski definition) is 1. The minimum absolute atomic E-state index is 0.248. The van der Waals surface area contributed by atoms with Crippen LogP contribution in [0.2, 0.25) is 0 Å². The molecule has 0 N–H and O–H groups in total. The quantitative estimate of drug-likeness (QED) is 0.112. The molecule has 2 heteroatoms. The molecule has 0 spiro atoms. The third kappa shape index (κ3) is 8.46. The van der Waals surface area contributed by atoms with E-state index in [1.165, 1.54) is 72.2 Å². The van der Waals surface area contributed by atoms with Crippen LogP contribution in [-0.2, 0) is 6.54 Å². The van der Waals surface area contributed by atoms with Crippen LogP contribution in [0.4, 0.5) is 11.4 Å². The Kier molecular flexibility index (Phi) is 11.9. The Hall–Kier alpha value is -7.42. The first-order valence-corrected chi connectivity index (χ1v) is 21.8. The fourth-order valence-electron chi connectivity index (χ4n) is 8.85. The average molecular weight is 801 g/mol. The highest BCUT2D eigenvalue weighted by Gasteiger charge is 2.20. The van der Waals surface area contributed by atoms with E-state index in [1.54, 1.807) is 0 Å². The van der Waals surface area contributed by atoms with Crippen LogP contribution < -0.4 is 4.90 Å². The molecule has 0 fully saturated rings. The Morgan fingerprint density at radius 1 is 0.677 bits per heavy atom. The molecule has 0 amide bonds. The molecule has 0 saturated carbocycles. The molecule has 0 aliphatic heterocycles. The van der Waals surface area contributed by atoms with E-state index in [4.69, 9.17) is 0 Å². The molecule has 1 heterocycles. The second kappa shape index (κ2) is 18.5. The maximum atomic E-state index is 4.12. The SMILES string of the molecule is C=C/C=C(\C=C/C(C)c1ccccc1)N(c1ccc(C2=CC=CC=CC2)cc1)c1ccc(-c2ccc(-c3ccc4c(c3C)c3c(n4Cc4ccccc4)C=CCC=C3)cc2)cc1. The number of benzene rings is 6. The van der Waals surface area contributed by atoms with Crippen molar-refractivity contribution in [2.45, 2.75) is 39.2 Å². The van der Waals surface area contributed by atoms with Crippen molar-refractivity contribution in [3.8, 4) is 22.3 Å². The third-order valence-electron chi connectivity index (χ3n) is 12.2. The van der Waals surface area contributed by atoms with Crippen LogP contribution in [0.3, 0.4) is 0 Å². The van der Waals surface area contributed by atoms with Gasteiger partial charge in [-0.2, -0.15) is 0 Å². The van der Waals surface area contributed by atoms with Crippen molar-refractivity contribution in [2.24, 2.45) is 0 Å². The average Bonchev–Trinajstić information content (AvgIpc) is 3.57. The summed E-state index contributed by atoms with van der Waals surface area (Å²) in [5.41, 5.74) is 18.3. The highest BCUT2D eigenvalue weighted by molar-refractivity contribution is 6.00. The smallest absolute Gasteiger partial charge is 0.0497 e. The molecule has 0 radical (unpaired) electrons. The Balaban J connectivity index is 1.03. The molecule has 62 heavy (non-hydrogen) atoms. The molecule has 1 atom stereocenters. The van der Waals surface area contributed by atoms with Gasteiger partial charge in [-0.3, -0.25) is 0 Å². The van der Waals surface area contributed by atoms with Gasteiger partial charge in [0.2, 0.25) is 0 Å². The van der Waals surface area contributed by atoms with Crippen LogP contribution in [0.5, 0.6) is 0 Å². The van der Waals surface area contributed by atoms with E-state index in [2.05, 4.69) is 248 Å². The predicted octanol–water partition coefficient (Wildman–Crippen LogP) is 16.2. The lowest BCUT2D eigenvalue weighted by Crippen LogP contribution is -2.15. The van der Waals surface area contributed by atoms with Crippen LogP contribution >= 0.6 is 0 Å². The summed E-state index contributed by atoms with van der Waals surface area (Å²) in [6.45, 7) is 9.49. The Morgan fingerprint density at radius 3 is 2.03 bits per heavy atom. The Labute approximate surface area is 367 Å². The molecule has 302 valence electrons. The highest BCUT2D eigenvalue weighted by atomic mass is 15.1. The van der Waals surface area contributed by atoms with Gasteiger partial charge in [0, 0.05) is 45.8 Å². The summed E-state index contributed by atoms with van der Waals surface area (Å²) in [5, 5.41) is 1.33. The number of aromatic nitrogens is 1. The molecule has 2 nitrogen and oxygen atoms in total. The predicted molar refractivity (Wildman–Crippen MR) is 268 cm³/mol. The van der Waals surface area contributed by atoms with Gasteiger partial charge in [0.25, 0.3) is 0 Å². The lowest BCUT2D eigenvalue weighted by atomic mass is 9.94. The minimum Gasteiger partial charge on any atom is -0.336 e. The van der Waals surface area contributed by atoms with Gasteiger partial charge < -0.3 is 9.47 Å². The maximum absolute atomic E-state index is 4.12. The first-order chi connectivity index (χ1) is 30.6. The molecule has 1 unspecified atom stereocenters. The van der Waals surface area contributed by atoms with Crippen molar-refractivity contribution in [1.82, 2.24) is 4.57 Å². The van der Waals surface area contributed by atoms with Crippen molar-refractivity contribution in [1.29, 1.82) is 0 Å². The topological polar surface area (TPSA) is 8.17 Å². The first-order valence-electron chi connectivity index (χ1n) is 21.8. The molecule has 6 aromatic carbocycles. The summed E-state index contributed by atoms with van der Waals surface area (Å²) < 4.78 is 2.48. The lowest BCUT2D eigenvalue weighted by Gasteiger charge is -2.27. The minimum atomic E-state index is 0.248. The van der Waals surface area contributed by atoms with Gasteiger partial charge in [0.1, 0.15) is 0 Å². The fraction of sp³-hybridized carbons (Fsp3) is 0.100. The number of allylic oxidation sites excluding steroid dienone is 12. The molecular weight excluding hydrogens is 749 g/mol. The fourth-order valence-corrected chi connectivity index (χ4v) is 8.85. The normalized spacial score (nSPS) is 14.1. The van der Waals surface area contributed by atoms with Gasteiger partial charge in [-0.1, -0.05) is 190 Å². The van der Waals surface area contributed by atoms with Crippen molar-refractivity contribution in [3.05, 3.63) is 258 Å². The Morgan fingerprint density at radius 2 is 1.32 bits per heavy atom. The van der Waals surface area contributed by atoms with Crippen LogP contribution in [0.25, 0.3) is 50.9 Å². The second-order valence-corrected chi connectivity index (χ2v) is 16.1. The molecule has 1 aromatic heterocycles. The van der Waals surface area contributed by atoms with Crippen LogP contribution in [0.1, 0.15) is 59.2 Å². The molecule has 2 aliphatic carbocycles. The van der Waals surface area contributed by atoms with E-state index in [9.17, 15) is 0 Å². The van der Waals surface area contributed by atoms with Gasteiger partial charge in [-0.15, -0.1) is 0 Å². The molecule has 2 aliphatic rings. The zero-order valence-electron chi connectivity index (χ0n) is 35.7. The standard InChI is InChI=1S/C60H52N2/c1-4-18-53(36-27-44(2)47-21-14-8-15-22-47)62(54-37-32-50(33-38-54)48-23-12-5-6-13-24-48)55-39-34-51(35-40-55)49-28-30-52(31-29-49)56-41-42-59-60(45(56)3)57-25-16-9-17-26-58(57)61(59)43-46-19-10-7-11-20-46/h4-8,10-23,25-42,44H,1,9,24,43H2,2-3H3/b36-27-,53-18+. The summed E-state index contributed by atoms with van der Waals surface area (Å²) in [5.74, 6) is 0.248. The van der Waals surface area contributed by atoms with E-state index in [1.807, 2.05) is 6.08 Å². The summed E-state index contributed by atoms with van der Waals surface area (Å²) in [7, 11) is 0. The monoisotopic (exact) mass is 800 g/mol. The van der Waals surface area contributed by atoms with Crippen molar-refractivity contribution in [2.75, 3.05) is 4.90 Å². The summed E-state index contributed by atoms with van der Waals surface area (Å²) in [4.78, 5) is 2.32. The Bertz CT molecular complexity index is 2910. The molecule has 7 aromatic rings. The van der Waals surface area contributed by atoms with E-state index in [-0.39, 0.29) is 5.92 Å². The zero-order valence-corrected chi connectivity index (χ0v) is 35.7. The number of hydrogen-bond donors (Lipinski definition) is 0. The number of nitrogens with zero attached hydrogens (tertiary/aromatic N) is 2. The number of fused-ring (bicyclic) bond motifs is 3. The van der Waals surface area contributed by atoms with Gasteiger partial charge in [-0.05, 0) is 124 Å². The van der Waals surface area contributed by atoms with Crippen molar-refractivity contribution < 1.29 is 0 Å². The second-order valence-electron chi connectivity index (χ2n) is 16.1. The zero-order chi connectivity index (χ0) is 42.3. The molecule has 9 rings (SSSR count). The first kappa shape index (κ1) is 40.0. The van der Waals surface area contributed by atoms with Crippen molar-refractivity contribution in [3.63, 3.8) is 0 Å². The van der Waals surface area contributed by atoms with Crippen LogP contribution in [-0.4, -0.2) is 4.57 Å². The highest BCUT2D eigenvalue weighted by Crippen LogP contribution is 2.39. The maximum Gasteiger partial charge on any atom is 0.0497 e. The third-order valence-corrected chi connectivity index (χ3v) is 12.2. The van der Waals surface area contributed by atoms with Crippen molar-refractivity contribution >= 4 is 40.0 Å². The molecule has 0 bridgehead atoms. The van der Waals surface area contributed by atoms with E-state index in [0.717, 1.165) is 36.5 Å². The van der Waals surface area contributed by atoms with Gasteiger partial charge in [0.15, 0.2) is 0 Å². The van der Waals surface area contributed by atoms with Crippen LogP contribution in [0.15, 0.2) is 225 Å². The summed E-state index contributed by atoms with van der Waals surface area (Å²) in [6.07, 6.45) is 30.3. The van der Waals surface area contributed by atoms with Crippen LogP contribution in [0, 0.1) is 6.92 Å².